The van der Waals surface area contributed by atoms with Crippen LogP contribution in [0.3, 0.4) is 0 Å². The molecule has 0 unspecified atom stereocenters. The Morgan fingerprint density at radius 1 is 0.590 bits per heavy atom. The van der Waals surface area contributed by atoms with Gasteiger partial charge < -0.3 is 33.5 Å². The van der Waals surface area contributed by atoms with Gasteiger partial charge in [0, 0.05) is 53.7 Å². The van der Waals surface area contributed by atoms with Gasteiger partial charge in [-0.15, -0.1) is 20.2 Å². The standard InChI is InChI=1S/C19H20N4O6S.C19H20N2O5S.C16H17ClN2O6S/c20-30(26,27)16-9-7-14(8-10-16)18-17(13-28-11-4-12-29-23(24)25)21-22-19(18)15-5-2-1-3-6-15;22-12-7-13-25-14-17-19(18(20-26-17)15-8-3-1-4-9-15)21-27(23,24)16-10-5-2-6-11-16;17-16-5-2-1-4-15(16)13-8-12(9-14(10-13)26(18,22)23)11-24-6-3-7-25-19(20)21/h1-3,5-10H,4,11-13H2,(H,21,22)(H2,20,26,27);1-6,8-11,21-22H,7,12-14H2;1-2,4-5,8-10H,3,6-7,11H2,(H2,18,22,23). The number of aromatic nitrogens is 3. The minimum atomic E-state index is -3.91. The summed E-state index contributed by atoms with van der Waals surface area (Å²) in [5.41, 5.74) is 6.98. The Bertz CT molecular complexity index is 3710. The van der Waals surface area contributed by atoms with Crippen LogP contribution in [0.5, 0.6) is 0 Å². The number of anilines is 1. The van der Waals surface area contributed by atoms with Crippen LogP contribution in [-0.4, -0.2) is 95.5 Å². The fourth-order valence-electron chi connectivity index (χ4n) is 7.58. The Morgan fingerprint density at radius 3 is 1.71 bits per heavy atom. The number of aromatic amines is 1. The van der Waals surface area contributed by atoms with Gasteiger partial charge in [-0.3, -0.25) is 9.82 Å². The number of nitrogens with zero attached hydrogens (tertiary/aromatic N) is 4. The zero-order chi connectivity index (χ0) is 59.8. The topological polar surface area (TPSA) is 374 Å². The van der Waals surface area contributed by atoms with Gasteiger partial charge in [-0.1, -0.05) is 126 Å². The third-order valence-electron chi connectivity index (χ3n) is 11.4. The van der Waals surface area contributed by atoms with Crippen LogP contribution in [-0.2, 0) is 73.8 Å². The van der Waals surface area contributed by atoms with Gasteiger partial charge in [-0.2, -0.15) is 5.10 Å². The van der Waals surface area contributed by atoms with Crippen LogP contribution in [0.1, 0.15) is 36.3 Å². The van der Waals surface area contributed by atoms with Crippen molar-refractivity contribution in [3.63, 3.8) is 0 Å². The van der Waals surface area contributed by atoms with E-state index in [1.54, 1.807) is 60.7 Å². The van der Waals surface area contributed by atoms with Gasteiger partial charge in [0.05, 0.1) is 52.5 Å². The lowest BCUT2D eigenvalue weighted by Crippen LogP contribution is -2.14. The van der Waals surface area contributed by atoms with Crippen molar-refractivity contribution in [1.82, 2.24) is 15.4 Å². The summed E-state index contributed by atoms with van der Waals surface area (Å²) in [5.74, 6) is 0.270. The van der Waals surface area contributed by atoms with Crippen LogP contribution in [0.25, 0.3) is 44.8 Å². The van der Waals surface area contributed by atoms with E-state index in [0.29, 0.717) is 64.5 Å². The number of primary sulfonamides is 2. The van der Waals surface area contributed by atoms with E-state index in [1.165, 1.54) is 36.4 Å². The lowest BCUT2D eigenvalue weighted by Gasteiger charge is -2.11. The number of ether oxygens (including phenoxy) is 3. The summed E-state index contributed by atoms with van der Waals surface area (Å²) in [6, 6.07) is 44.6. The molecule has 8 rings (SSSR count). The largest absolute Gasteiger partial charge is 0.396 e. The van der Waals surface area contributed by atoms with Crippen LogP contribution >= 0.6 is 11.6 Å². The van der Waals surface area contributed by atoms with E-state index in [0.717, 1.165) is 22.4 Å². The second-order valence-corrected chi connectivity index (χ2v) is 22.6. The highest BCUT2D eigenvalue weighted by Crippen LogP contribution is 2.36. The summed E-state index contributed by atoms with van der Waals surface area (Å²) in [7, 11) is -11.5. The first-order chi connectivity index (χ1) is 39.7. The van der Waals surface area contributed by atoms with E-state index in [-0.39, 0.29) is 79.0 Å². The van der Waals surface area contributed by atoms with Crippen LogP contribution in [0.2, 0.25) is 5.02 Å². The molecule has 2 heterocycles. The van der Waals surface area contributed by atoms with E-state index in [1.807, 2.05) is 60.7 Å². The van der Waals surface area contributed by atoms with Crippen molar-refractivity contribution in [3.8, 4) is 44.8 Å². The lowest BCUT2D eigenvalue weighted by molar-refractivity contribution is -0.757. The molecule has 29 heteroatoms. The van der Waals surface area contributed by atoms with E-state index in [2.05, 4.69) is 29.8 Å². The summed E-state index contributed by atoms with van der Waals surface area (Å²) in [5, 5.41) is 49.6. The number of H-pyrrole nitrogens is 1. The van der Waals surface area contributed by atoms with Crippen molar-refractivity contribution in [3.05, 3.63) is 200 Å². The first kappa shape index (κ1) is 64.0. The highest BCUT2D eigenvalue weighted by molar-refractivity contribution is 7.92. The van der Waals surface area contributed by atoms with Gasteiger partial charge in [0.15, 0.2) is 5.76 Å². The molecule has 7 N–H and O–H groups in total. The van der Waals surface area contributed by atoms with Crippen LogP contribution in [0, 0.1) is 20.2 Å². The molecule has 0 saturated heterocycles. The molecular weight excluding hydrogens is 1160 g/mol. The third-order valence-corrected chi connectivity index (χ3v) is 14.9. The average Bonchev–Trinajstić information content (AvgIpc) is 4.09. The van der Waals surface area contributed by atoms with Crippen molar-refractivity contribution >= 4 is 47.4 Å². The third kappa shape index (κ3) is 20.1. The van der Waals surface area contributed by atoms with Crippen molar-refractivity contribution < 1.29 is 68.9 Å². The predicted molar refractivity (Wildman–Crippen MR) is 304 cm³/mol. The number of hydrogen-bond donors (Lipinski definition) is 5. The number of nitrogens with one attached hydrogen (secondary N) is 2. The van der Waals surface area contributed by atoms with Gasteiger partial charge in [0.1, 0.15) is 18.0 Å². The highest BCUT2D eigenvalue weighted by Gasteiger charge is 2.24. The molecule has 8 aromatic rings. The van der Waals surface area contributed by atoms with Crippen molar-refractivity contribution in [2.45, 2.75) is 53.8 Å². The average molecular weight is 1220 g/mol. The summed E-state index contributed by atoms with van der Waals surface area (Å²) >= 11 is 6.18. The number of rotatable bonds is 28. The quantitative estimate of drug-likeness (QED) is 0.0175. The molecule has 2 aromatic heterocycles. The minimum Gasteiger partial charge on any atom is -0.396 e. The number of nitrogens with two attached hydrogens (primary N) is 2. The predicted octanol–water partition coefficient (Wildman–Crippen LogP) is 8.32. The molecule has 0 radical (unpaired) electrons. The number of benzene rings is 6. The van der Waals surface area contributed by atoms with Gasteiger partial charge in [-0.25, -0.2) is 35.5 Å². The molecule has 0 amide bonds. The Morgan fingerprint density at radius 2 is 1.13 bits per heavy atom. The molecule has 0 aliphatic rings. The molecule has 0 bridgehead atoms. The molecule has 0 aliphatic heterocycles. The highest BCUT2D eigenvalue weighted by atomic mass is 35.5. The maximum atomic E-state index is 12.8. The Kier molecular flexibility index (Phi) is 24.2. The maximum absolute atomic E-state index is 12.8. The second-order valence-electron chi connectivity index (χ2n) is 17.4. The monoisotopic (exact) mass is 1220 g/mol. The van der Waals surface area contributed by atoms with Gasteiger partial charge in [0.2, 0.25) is 20.0 Å². The van der Waals surface area contributed by atoms with Crippen molar-refractivity contribution in [2.24, 2.45) is 10.3 Å². The Hall–Kier alpha value is -8.16. The molecule has 440 valence electrons. The Labute approximate surface area is 482 Å². The molecule has 0 fully saturated rings. The summed E-state index contributed by atoms with van der Waals surface area (Å²) in [6.45, 7) is 0.988. The van der Waals surface area contributed by atoms with E-state index in [9.17, 15) is 45.5 Å². The molecule has 0 aliphatic carbocycles. The van der Waals surface area contributed by atoms with Crippen LogP contribution in [0.15, 0.2) is 177 Å². The first-order valence-electron chi connectivity index (χ1n) is 24.9. The number of hydrogen-bond acceptors (Lipinski definition) is 19. The first-order valence-corrected chi connectivity index (χ1v) is 29.9. The molecule has 25 nitrogen and oxygen atoms in total. The number of halogens is 1. The normalized spacial score (nSPS) is 11.4. The molecule has 0 atom stereocenters. The molecule has 0 spiro atoms. The number of aliphatic hydroxyl groups excluding tert-OH is 1. The Balaban J connectivity index is 0.000000201. The fraction of sp³-hybridized carbons (Fsp3) is 0.222. The van der Waals surface area contributed by atoms with E-state index in [4.69, 9.17) is 45.7 Å². The molecule has 6 aromatic carbocycles. The number of aliphatic hydroxyl groups is 1. The van der Waals surface area contributed by atoms with E-state index < -0.39 is 40.2 Å². The summed E-state index contributed by atoms with van der Waals surface area (Å²) < 4.78 is 96.5. The summed E-state index contributed by atoms with van der Waals surface area (Å²) in [6.07, 6.45) is 1.16. The van der Waals surface area contributed by atoms with Gasteiger partial charge in [0.25, 0.3) is 20.2 Å². The van der Waals surface area contributed by atoms with E-state index >= 15 is 0 Å². The molecule has 83 heavy (non-hydrogen) atoms. The van der Waals surface area contributed by atoms with Crippen LogP contribution in [0.4, 0.5) is 5.69 Å². The van der Waals surface area contributed by atoms with Gasteiger partial charge in [-0.05, 0) is 84.5 Å². The maximum Gasteiger partial charge on any atom is 0.294 e. The smallest absolute Gasteiger partial charge is 0.294 e. The zero-order valence-electron chi connectivity index (χ0n) is 44.0. The lowest BCUT2D eigenvalue weighted by atomic mass is 9.99. The fourth-order valence-corrected chi connectivity index (χ4v) is 10.1. The molecular formula is C54H57ClN8O17S3. The molecule has 0 saturated carbocycles. The zero-order valence-corrected chi connectivity index (χ0v) is 47.2. The van der Waals surface area contributed by atoms with Crippen molar-refractivity contribution in [2.75, 3.05) is 44.4 Å². The number of sulfonamides is 3. The summed E-state index contributed by atoms with van der Waals surface area (Å²) in [4.78, 5) is 28.7. The minimum absolute atomic E-state index is 0.0131. The van der Waals surface area contributed by atoms with Crippen molar-refractivity contribution in [1.29, 1.82) is 0 Å². The SMILES string of the molecule is NS(=O)(=O)c1cc(COCCCO[N+](=O)[O-])cc(-c2ccccc2Cl)c1.NS(=O)(=O)c1ccc(-c2c(COCCCO[N+](=O)[O-])n[nH]c2-c2ccccc2)cc1.O=S(=O)(Nc1c(-c2ccccc2)noc1COCCCO)c1ccccc1. The second kappa shape index (κ2) is 31.3. The van der Waals surface area contributed by atoms with Crippen LogP contribution < -0.4 is 15.0 Å². The van der Waals surface area contributed by atoms with Gasteiger partial charge >= 0.3 is 0 Å².